The van der Waals surface area contributed by atoms with Gasteiger partial charge < -0.3 is 10.5 Å². The predicted molar refractivity (Wildman–Crippen MR) is 50.8 cm³/mol. The number of benzene rings is 1. The average Bonchev–Trinajstić information content (AvgIpc) is 2.18. The van der Waals surface area contributed by atoms with E-state index in [0.29, 0.717) is 0 Å². The highest BCUT2D eigenvalue weighted by Gasteiger charge is 1.93. The van der Waals surface area contributed by atoms with Crippen LogP contribution in [0, 0.1) is 11.3 Å². The summed E-state index contributed by atoms with van der Waals surface area (Å²) in [6.07, 6.45) is 1.60. The molecule has 0 heterocycles. The predicted octanol–water partition coefficient (Wildman–Crippen LogP) is 1.52. The summed E-state index contributed by atoms with van der Waals surface area (Å²) in [6, 6.07) is 9.19. The van der Waals surface area contributed by atoms with E-state index in [0.717, 1.165) is 11.3 Å². The highest BCUT2D eigenvalue weighted by atomic mass is 16.5. The molecule has 0 unspecified atom stereocenters. The quantitative estimate of drug-likeness (QED) is 0.691. The van der Waals surface area contributed by atoms with E-state index in [9.17, 15) is 0 Å². The number of nitriles is 1. The molecule has 0 amide bonds. The number of ether oxygens (including phenoxy) is 1. The Balaban J connectivity index is 2.97. The van der Waals surface area contributed by atoms with Crippen molar-refractivity contribution >= 4 is 6.08 Å². The molecular weight excluding hydrogens is 164 g/mol. The lowest BCUT2D eigenvalue weighted by atomic mass is 10.2. The lowest BCUT2D eigenvalue weighted by Crippen LogP contribution is -1.92. The summed E-state index contributed by atoms with van der Waals surface area (Å²) in [4.78, 5) is 0. The van der Waals surface area contributed by atoms with Crippen LogP contribution in [0.5, 0.6) is 5.75 Å². The maximum atomic E-state index is 8.45. The fraction of sp³-hybridized carbons (Fsp3) is 0.100. The smallest absolute Gasteiger partial charge is 0.119 e. The van der Waals surface area contributed by atoms with Crippen molar-refractivity contribution < 1.29 is 4.74 Å². The van der Waals surface area contributed by atoms with Crippen LogP contribution in [0.4, 0.5) is 0 Å². The van der Waals surface area contributed by atoms with Crippen molar-refractivity contribution in [1.29, 1.82) is 5.26 Å². The largest absolute Gasteiger partial charge is 0.497 e. The van der Waals surface area contributed by atoms with Crippen LogP contribution in [0.1, 0.15) is 5.56 Å². The van der Waals surface area contributed by atoms with Crippen LogP contribution in [0.2, 0.25) is 0 Å². The minimum Gasteiger partial charge on any atom is -0.497 e. The van der Waals surface area contributed by atoms with E-state index >= 15 is 0 Å². The monoisotopic (exact) mass is 174 g/mol. The van der Waals surface area contributed by atoms with Gasteiger partial charge in [0.2, 0.25) is 0 Å². The second-order valence-corrected chi connectivity index (χ2v) is 2.49. The van der Waals surface area contributed by atoms with Crippen molar-refractivity contribution in [3.63, 3.8) is 0 Å². The molecule has 0 aliphatic rings. The Kier molecular flexibility index (Phi) is 2.93. The van der Waals surface area contributed by atoms with E-state index < -0.39 is 0 Å². The number of nitrogens with two attached hydrogens (primary N) is 1. The molecule has 0 radical (unpaired) electrons. The number of allylic oxidation sites excluding steroid dienone is 1. The molecule has 1 rings (SSSR count). The Morgan fingerprint density at radius 3 is 3.00 bits per heavy atom. The van der Waals surface area contributed by atoms with E-state index in [1.165, 1.54) is 0 Å². The van der Waals surface area contributed by atoms with Gasteiger partial charge in [-0.15, -0.1) is 0 Å². The zero-order valence-corrected chi connectivity index (χ0v) is 7.32. The Hall–Kier alpha value is -1.95. The highest BCUT2D eigenvalue weighted by Crippen LogP contribution is 2.13. The Bertz CT molecular complexity index is 363. The molecule has 0 aliphatic heterocycles. The molecule has 0 aliphatic carbocycles. The first-order valence-corrected chi connectivity index (χ1v) is 3.77. The van der Waals surface area contributed by atoms with Crippen molar-refractivity contribution in [2.45, 2.75) is 0 Å². The molecule has 0 saturated carbocycles. The maximum absolute atomic E-state index is 8.45. The van der Waals surface area contributed by atoms with Gasteiger partial charge in [-0.25, -0.2) is 0 Å². The zero-order valence-electron chi connectivity index (χ0n) is 7.32. The lowest BCUT2D eigenvalue weighted by Gasteiger charge is -1.99. The number of methoxy groups -OCH3 is 1. The van der Waals surface area contributed by atoms with Crippen molar-refractivity contribution in [1.82, 2.24) is 0 Å². The average molecular weight is 174 g/mol. The zero-order chi connectivity index (χ0) is 9.68. The van der Waals surface area contributed by atoms with Crippen LogP contribution >= 0.6 is 0 Å². The Labute approximate surface area is 77.0 Å². The van der Waals surface area contributed by atoms with E-state index in [2.05, 4.69) is 0 Å². The molecule has 3 heteroatoms. The molecule has 0 atom stereocenters. The van der Waals surface area contributed by atoms with Gasteiger partial charge in [0.15, 0.2) is 0 Å². The van der Waals surface area contributed by atoms with Crippen molar-refractivity contribution in [2.75, 3.05) is 7.11 Å². The van der Waals surface area contributed by atoms with Gasteiger partial charge in [0.05, 0.1) is 7.11 Å². The van der Waals surface area contributed by atoms with Crippen molar-refractivity contribution in [2.24, 2.45) is 5.73 Å². The topological polar surface area (TPSA) is 59.0 Å². The highest BCUT2D eigenvalue weighted by molar-refractivity contribution is 5.57. The molecule has 66 valence electrons. The lowest BCUT2D eigenvalue weighted by molar-refractivity contribution is 0.414. The van der Waals surface area contributed by atoms with Gasteiger partial charge >= 0.3 is 0 Å². The SMILES string of the molecule is COc1cccc(C=C(N)C#N)c1. The van der Waals surface area contributed by atoms with E-state index in [-0.39, 0.29) is 5.70 Å². The van der Waals surface area contributed by atoms with Gasteiger partial charge in [-0.2, -0.15) is 5.26 Å². The van der Waals surface area contributed by atoms with Gasteiger partial charge in [0, 0.05) is 0 Å². The van der Waals surface area contributed by atoms with E-state index in [1.54, 1.807) is 13.2 Å². The second-order valence-electron chi connectivity index (χ2n) is 2.49. The minimum atomic E-state index is 0.188. The van der Waals surface area contributed by atoms with E-state index in [4.69, 9.17) is 15.7 Å². The first-order valence-electron chi connectivity index (χ1n) is 3.77. The molecule has 0 fully saturated rings. The van der Waals surface area contributed by atoms with Crippen molar-refractivity contribution in [3.05, 3.63) is 35.5 Å². The van der Waals surface area contributed by atoms with Gasteiger partial charge in [-0.1, -0.05) is 12.1 Å². The van der Waals surface area contributed by atoms with Crippen LogP contribution in [0.15, 0.2) is 30.0 Å². The standard InChI is InChI=1S/C10H10N2O/c1-13-10-4-2-3-8(6-10)5-9(12)7-11/h2-6H,12H2,1H3. The summed E-state index contributed by atoms with van der Waals surface area (Å²) < 4.78 is 5.02. The summed E-state index contributed by atoms with van der Waals surface area (Å²) in [5.41, 5.74) is 6.40. The van der Waals surface area contributed by atoms with Crippen LogP contribution in [0.3, 0.4) is 0 Å². The summed E-state index contributed by atoms with van der Waals surface area (Å²) in [6.45, 7) is 0. The van der Waals surface area contributed by atoms with E-state index in [1.807, 2.05) is 30.3 Å². The first kappa shape index (κ1) is 9.14. The third-order valence-corrected chi connectivity index (χ3v) is 1.55. The first-order chi connectivity index (χ1) is 6.26. The van der Waals surface area contributed by atoms with Crippen LogP contribution in [-0.2, 0) is 0 Å². The molecule has 0 spiro atoms. The number of hydrogen-bond acceptors (Lipinski definition) is 3. The van der Waals surface area contributed by atoms with Gasteiger partial charge in [-0.05, 0) is 23.8 Å². The minimum absolute atomic E-state index is 0.188. The Morgan fingerprint density at radius 1 is 1.62 bits per heavy atom. The van der Waals surface area contributed by atoms with Gasteiger partial charge in [0.25, 0.3) is 0 Å². The molecule has 0 aromatic heterocycles. The molecular formula is C10H10N2O. The summed E-state index contributed by atoms with van der Waals surface area (Å²) in [7, 11) is 1.59. The van der Waals surface area contributed by atoms with Crippen LogP contribution in [0.25, 0.3) is 6.08 Å². The third kappa shape index (κ3) is 2.53. The Morgan fingerprint density at radius 2 is 2.38 bits per heavy atom. The van der Waals surface area contributed by atoms with Crippen LogP contribution < -0.4 is 10.5 Å². The molecule has 13 heavy (non-hydrogen) atoms. The number of nitrogens with zero attached hydrogens (tertiary/aromatic N) is 1. The molecule has 2 N–H and O–H groups in total. The summed E-state index contributed by atoms with van der Waals surface area (Å²) in [5, 5.41) is 8.45. The molecule has 0 saturated heterocycles. The molecule has 3 nitrogen and oxygen atoms in total. The van der Waals surface area contributed by atoms with Crippen molar-refractivity contribution in [3.8, 4) is 11.8 Å². The number of rotatable bonds is 2. The summed E-state index contributed by atoms with van der Waals surface area (Å²) >= 11 is 0. The normalized spacial score (nSPS) is 10.6. The van der Waals surface area contributed by atoms with Gasteiger partial charge in [0.1, 0.15) is 17.5 Å². The summed E-state index contributed by atoms with van der Waals surface area (Å²) in [5.74, 6) is 0.750. The molecule has 1 aromatic rings. The van der Waals surface area contributed by atoms with Gasteiger partial charge in [-0.3, -0.25) is 0 Å². The molecule has 0 bridgehead atoms. The third-order valence-electron chi connectivity index (χ3n) is 1.55. The maximum Gasteiger partial charge on any atom is 0.119 e. The fourth-order valence-electron chi connectivity index (χ4n) is 0.943. The van der Waals surface area contributed by atoms with Crippen LogP contribution in [-0.4, -0.2) is 7.11 Å². The fourth-order valence-corrected chi connectivity index (χ4v) is 0.943. The second kappa shape index (κ2) is 4.17. The molecule has 1 aromatic carbocycles. The number of hydrogen-bond donors (Lipinski definition) is 1.